The Morgan fingerprint density at radius 2 is 1.29 bits per heavy atom. The molecule has 0 aliphatic heterocycles. The van der Waals surface area contributed by atoms with Crippen molar-refractivity contribution in [3.05, 3.63) is 61.0 Å². The third kappa shape index (κ3) is 23.9. The number of nitrogens with zero attached hydrogens (tertiary/aromatic N) is 5. The third-order valence-electron chi connectivity index (χ3n) is 4.66. The van der Waals surface area contributed by atoms with E-state index in [0.29, 0.717) is 11.4 Å². The summed E-state index contributed by atoms with van der Waals surface area (Å²) in [5.41, 5.74) is 0.892. The number of aryl methyl sites for hydroxylation is 2. The number of anilines is 1. The minimum atomic E-state index is -0.487. The van der Waals surface area contributed by atoms with E-state index >= 15 is 0 Å². The van der Waals surface area contributed by atoms with Gasteiger partial charge in [-0.15, -0.1) is 0 Å². The van der Waals surface area contributed by atoms with Gasteiger partial charge >= 0.3 is 103 Å². The van der Waals surface area contributed by atoms with Crippen LogP contribution >= 0.6 is 11.6 Å². The average molecular weight is 651 g/mol. The van der Waals surface area contributed by atoms with Gasteiger partial charge in [-0.2, -0.15) is 0 Å². The number of hydrogen-bond donors (Lipinski definition) is 1. The van der Waals surface area contributed by atoms with Crippen molar-refractivity contribution in [1.29, 1.82) is 0 Å². The Morgan fingerprint density at radius 1 is 0.878 bits per heavy atom. The number of carbonyl (C=O) groups excluding carboxylic acids is 1. The van der Waals surface area contributed by atoms with Crippen LogP contribution in [0.3, 0.4) is 0 Å². The molecule has 0 bridgehead atoms. The number of nitro groups is 2. The summed E-state index contributed by atoms with van der Waals surface area (Å²) in [6.07, 6.45) is 4.58. The standard InChI is InChI=1S/C12H19N3O2.C6H5ClN2O2.C6H15N.CH2O3.2K.H/c1-4-8-14(9-5-2)12-7-6-11(15(16)17)10(3)13-12;1-4-5(9(10)11)2-3-6(7)8-4;1-3-5-7-6-4-2;2-1-4-3;;;/h6-7H,4-5,8-9H2,1-3H3;2-3H,1H3;7H,3-6H2,1-2H3;1,3H;;;/q;;;;2*+1;-1/p-1. The van der Waals surface area contributed by atoms with Crippen LogP contribution < -0.4 is 118 Å². The van der Waals surface area contributed by atoms with Gasteiger partial charge in [0.25, 0.3) is 17.8 Å². The monoisotopic (exact) mass is 650 g/mol. The van der Waals surface area contributed by atoms with Gasteiger partial charge in [0.15, 0.2) is 0 Å². The zero-order valence-corrected chi connectivity index (χ0v) is 32.5. The zero-order chi connectivity index (χ0) is 30.2. The van der Waals surface area contributed by atoms with Crippen molar-refractivity contribution in [3.8, 4) is 0 Å². The van der Waals surface area contributed by atoms with E-state index in [2.05, 4.69) is 52.8 Å². The number of nitrogens with one attached hydrogen (secondary N) is 1. The first-order valence-electron chi connectivity index (χ1n) is 12.6. The van der Waals surface area contributed by atoms with Gasteiger partial charge in [0, 0.05) is 25.2 Å². The van der Waals surface area contributed by atoms with E-state index in [1.807, 2.05) is 0 Å². The van der Waals surface area contributed by atoms with E-state index < -0.39 is 9.85 Å². The van der Waals surface area contributed by atoms with E-state index in [9.17, 15) is 20.2 Å². The Hall–Kier alpha value is -0.147. The quantitative estimate of drug-likeness (QED) is 0.0557. The van der Waals surface area contributed by atoms with Gasteiger partial charge in [0.2, 0.25) is 0 Å². The van der Waals surface area contributed by atoms with Gasteiger partial charge in [-0.25, -0.2) is 9.97 Å². The summed E-state index contributed by atoms with van der Waals surface area (Å²) in [6.45, 7) is 15.8. The van der Waals surface area contributed by atoms with Crippen molar-refractivity contribution < 1.29 is 129 Å². The van der Waals surface area contributed by atoms with Crippen molar-refractivity contribution in [1.82, 2.24) is 15.3 Å². The Kier molecular flexibility index (Phi) is 36.5. The Balaban J connectivity index is -0.000000159. The second-order valence-corrected chi connectivity index (χ2v) is 8.34. The summed E-state index contributed by atoms with van der Waals surface area (Å²) in [4.78, 5) is 41.5. The molecule has 0 aliphatic rings. The largest absolute Gasteiger partial charge is 1.00 e. The SMILES string of the molecule is CCCN(CCC)c1ccc([N+](=O)[O-])c(C)n1.CCCNCCC.Cc1nc(Cl)ccc1[N+](=O)[O-].O=CO[O-].[H-].[K+].[K+]. The maximum Gasteiger partial charge on any atom is 1.00 e. The minimum Gasteiger partial charge on any atom is -1.00 e. The van der Waals surface area contributed by atoms with Crippen LogP contribution in [0.2, 0.25) is 5.15 Å². The molecular weight excluding hydrogens is 610 g/mol. The fourth-order valence-corrected chi connectivity index (χ4v) is 3.17. The summed E-state index contributed by atoms with van der Waals surface area (Å²) in [6, 6.07) is 6.00. The molecule has 2 aromatic heterocycles. The van der Waals surface area contributed by atoms with Gasteiger partial charge in [0.05, 0.1) is 9.85 Å². The number of halogens is 1. The molecule has 13 nitrogen and oxygen atoms in total. The molecule has 0 unspecified atom stereocenters. The maximum atomic E-state index is 10.7. The van der Waals surface area contributed by atoms with Crippen LogP contribution in [0.15, 0.2) is 24.3 Å². The minimum absolute atomic E-state index is 0. The van der Waals surface area contributed by atoms with Crippen LogP contribution in [0.5, 0.6) is 0 Å². The molecule has 0 amide bonds. The van der Waals surface area contributed by atoms with E-state index in [-0.39, 0.29) is 127 Å². The molecule has 0 saturated heterocycles. The second kappa shape index (κ2) is 31.3. The molecule has 0 aromatic carbocycles. The van der Waals surface area contributed by atoms with Crippen molar-refractivity contribution in [2.24, 2.45) is 0 Å². The number of aromatic nitrogens is 2. The molecule has 41 heavy (non-hydrogen) atoms. The molecule has 222 valence electrons. The van der Waals surface area contributed by atoms with Crippen LogP contribution in [-0.2, 0) is 9.68 Å². The number of hydrogen-bond acceptors (Lipinski definition) is 11. The molecule has 0 radical (unpaired) electrons. The normalized spacial score (nSPS) is 8.98. The van der Waals surface area contributed by atoms with Gasteiger partial charge in [-0.1, -0.05) is 39.3 Å². The van der Waals surface area contributed by atoms with E-state index in [0.717, 1.165) is 31.7 Å². The van der Waals surface area contributed by atoms with Gasteiger partial charge < -0.3 is 21.8 Å². The Morgan fingerprint density at radius 3 is 1.61 bits per heavy atom. The second-order valence-electron chi connectivity index (χ2n) is 7.96. The molecule has 2 rings (SSSR count). The summed E-state index contributed by atoms with van der Waals surface area (Å²) >= 11 is 5.49. The van der Waals surface area contributed by atoms with Crippen molar-refractivity contribution >= 4 is 35.3 Å². The van der Waals surface area contributed by atoms with Gasteiger partial charge in [-0.3, -0.25) is 25.0 Å². The van der Waals surface area contributed by atoms with Crippen molar-refractivity contribution in [2.45, 2.75) is 67.2 Å². The van der Waals surface area contributed by atoms with Crippen molar-refractivity contribution in [2.75, 3.05) is 31.1 Å². The van der Waals surface area contributed by atoms with Crippen LogP contribution in [0.25, 0.3) is 0 Å². The molecule has 1 N–H and O–H groups in total. The van der Waals surface area contributed by atoms with Crippen LogP contribution in [0.1, 0.15) is 66.2 Å². The molecule has 0 fully saturated rings. The fourth-order valence-electron chi connectivity index (χ4n) is 2.98. The predicted octanol–water partition coefficient (Wildman–Crippen LogP) is -1.17. The number of pyridine rings is 2. The molecule has 0 saturated carbocycles. The Labute approximate surface area is 334 Å². The molecule has 0 atom stereocenters. The van der Waals surface area contributed by atoms with Crippen LogP contribution in [-0.4, -0.2) is 52.5 Å². The summed E-state index contributed by atoms with van der Waals surface area (Å²) < 4.78 is 0. The van der Waals surface area contributed by atoms with Gasteiger partial charge in [-0.05, 0) is 64.8 Å². The first-order valence-corrected chi connectivity index (χ1v) is 13.0. The maximum absolute atomic E-state index is 10.7. The smallest absolute Gasteiger partial charge is 1.00 e. The number of carbonyl (C=O) groups is 1. The van der Waals surface area contributed by atoms with E-state index in [1.165, 1.54) is 44.1 Å². The van der Waals surface area contributed by atoms with Crippen LogP contribution in [0.4, 0.5) is 17.2 Å². The van der Waals surface area contributed by atoms with E-state index in [4.69, 9.17) is 21.7 Å². The topological polar surface area (TPSA) is 177 Å². The van der Waals surface area contributed by atoms with E-state index in [1.54, 1.807) is 19.9 Å². The van der Waals surface area contributed by atoms with Crippen LogP contribution in [0, 0.1) is 34.1 Å². The molecule has 0 spiro atoms. The summed E-state index contributed by atoms with van der Waals surface area (Å²) in [5, 5.41) is 32.9. The van der Waals surface area contributed by atoms with Crippen molar-refractivity contribution in [3.63, 3.8) is 0 Å². The molecular formula is C25H41ClK2N6O7. The molecule has 2 aromatic rings. The molecule has 16 heteroatoms. The summed E-state index contributed by atoms with van der Waals surface area (Å²) in [7, 11) is 0. The first kappa shape index (κ1) is 47.8. The number of rotatable bonds is 12. The van der Waals surface area contributed by atoms with Gasteiger partial charge in [0.1, 0.15) is 22.4 Å². The molecule has 2 heterocycles. The predicted molar refractivity (Wildman–Crippen MR) is 151 cm³/mol. The average Bonchev–Trinajstić information content (AvgIpc) is 2.89. The fraction of sp³-hybridized carbons (Fsp3) is 0.560. The zero-order valence-electron chi connectivity index (χ0n) is 26.5. The Bertz CT molecular complexity index is 990. The molecule has 0 aliphatic carbocycles. The summed E-state index contributed by atoms with van der Waals surface area (Å²) in [5.74, 6) is 0.830. The third-order valence-corrected chi connectivity index (χ3v) is 4.87. The first-order chi connectivity index (χ1) is 18.5.